The highest BCUT2D eigenvalue weighted by molar-refractivity contribution is 9.10. The zero-order valence-corrected chi connectivity index (χ0v) is 19.4. The third kappa shape index (κ3) is 4.73. The second-order valence-corrected chi connectivity index (χ2v) is 8.56. The molecular formula is C22H11BrClF3N2O3S. The van der Waals surface area contributed by atoms with E-state index in [0.717, 1.165) is 17.0 Å². The molecule has 0 unspecified atom stereocenters. The number of benzene rings is 2. The van der Waals surface area contributed by atoms with E-state index in [1.807, 2.05) is 0 Å². The number of furan rings is 1. The Kier molecular flexibility index (Phi) is 6.17. The number of hydrogen-bond acceptors (Lipinski definition) is 4. The summed E-state index contributed by atoms with van der Waals surface area (Å²) in [5.74, 6) is -1.53. The predicted octanol–water partition coefficient (Wildman–Crippen LogP) is 6.21. The molecule has 2 amide bonds. The van der Waals surface area contributed by atoms with Gasteiger partial charge in [-0.15, -0.1) is 0 Å². The molecule has 0 spiro atoms. The van der Waals surface area contributed by atoms with E-state index in [1.165, 1.54) is 24.3 Å². The van der Waals surface area contributed by atoms with Crippen LogP contribution in [0.1, 0.15) is 11.3 Å². The van der Waals surface area contributed by atoms with Crippen molar-refractivity contribution in [3.05, 3.63) is 81.0 Å². The number of hydrogen-bond donors (Lipinski definition) is 1. The molecular weight excluding hydrogens is 545 g/mol. The van der Waals surface area contributed by atoms with Crippen LogP contribution >= 0.6 is 39.7 Å². The molecule has 0 atom stereocenters. The van der Waals surface area contributed by atoms with Gasteiger partial charge in [0.1, 0.15) is 17.1 Å². The molecule has 1 fully saturated rings. The molecule has 1 aliphatic heterocycles. The van der Waals surface area contributed by atoms with Gasteiger partial charge >= 0.3 is 6.18 Å². The third-order valence-electron chi connectivity index (χ3n) is 4.65. The van der Waals surface area contributed by atoms with Gasteiger partial charge in [-0.3, -0.25) is 19.8 Å². The lowest BCUT2D eigenvalue weighted by Crippen LogP contribution is -2.54. The highest BCUT2D eigenvalue weighted by Gasteiger charge is 2.36. The average Bonchev–Trinajstić information content (AvgIpc) is 3.20. The summed E-state index contributed by atoms with van der Waals surface area (Å²) in [7, 11) is 0. The monoisotopic (exact) mass is 554 g/mol. The molecule has 1 saturated heterocycles. The number of nitrogens with one attached hydrogen (secondary N) is 1. The maximum Gasteiger partial charge on any atom is 0.417 e. The first-order valence-corrected chi connectivity index (χ1v) is 10.8. The minimum atomic E-state index is -4.61. The Morgan fingerprint density at radius 1 is 1.06 bits per heavy atom. The molecule has 33 heavy (non-hydrogen) atoms. The molecule has 0 aliphatic carbocycles. The molecule has 4 rings (SSSR count). The highest BCUT2D eigenvalue weighted by Crippen LogP contribution is 2.39. The number of rotatable bonds is 3. The summed E-state index contributed by atoms with van der Waals surface area (Å²) in [6.07, 6.45) is -3.46. The first-order chi connectivity index (χ1) is 15.5. The molecule has 1 aliphatic rings. The number of halogens is 5. The van der Waals surface area contributed by atoms with Crippen LogP contribution in [0.4, 0.5) is 18.9 Å². The van der Waals surface area contributed by atoms with E-state index in [9.17, 15) is 22.8 Å². The normalized spacial score (nSPS) is 15.8. The van der Waals surface area contributed by atoms with E-state index in [2.05, 4.69) is 21.2 Å². The number of thiocarbonyl (C=S) groups is 1. The van der Waals surface area contributed by atoms with Crippen LogP contribution in [0, 0.1) is 0 Å². The van der Waals surface area contributed by atoms with E-state index < -0.39 is 23.6 Å². The van der Waals surface area contributed by atoms with Crippen LogP contribution in [-0.4, -0.2) is 16.9 Å². The van der Waals surface area contributed by atoms with Crippen molar-refractivity contribution in [1.82, 2.24) is 5.32 Å². The Labute approximate surface area is 203 Å². The Morgan fingerprint density at radius 2 is 1.76 bits per heavy atom. The lowest BCUT2D eigenvalue weighted by molar-refractivity contribution is -0.137. The largest absolute Gasteiger partial charge is 0.457 e. The van der Waals surface area contributed by atoms with Crippen LogP contribution in [0.25, 0.3) is 17.4 Å². The number of carbonyl (C=O) groups is 2. The molecule has 0 bridgehead atoms. The molecule has 2 heterocycles. The van der Waals surface area contributed by atoms with E-state index in [-0.39, 0.29) is 32.2 Å². The van der Waals surface area contributed by atoms with Gasteiger partial charge in [0.2, 0.25) is 0 Å². The van der Waals surface area contributed by atoms with E-state index in [0.29, 0.717) is 10.7 Å². The molecule has 168 valence electrons. The SMILES string of the molecule is O=C1NC(=S)N(c2ccc(Cl)cc2)C(=O)/C1=C/c1ccc(-c2ccc(Br)cc2C(F)(F)F)o1. The quantitative estimate of drug-likeness (QED) is 0.237. The zero-order chi connectivity index (χ0) is 23.9. The van der Waals surface area contributed by atoms with E-state index in [1.54, 1.807) is 24.3 Å². The Bertz CT molecular complexity index is 1320. The summed E-state index contributed by atoms with van der Waals surface area (Å²) < 4.78 is 46.2. The first-order valence-electron chi connectivity index (χ1n) is 9.18. The predicted molar refractivity (Wildman–Crippen MR) is 125 cm³/mol. The van der Waals surface area contributed by atoms with Crippen molar-refractivity contribution in [2.75, 3.05) is 4.90 Å². The molecule has 3 aromatic rings. The number of amides is 2. The van der Waals surface area contributed by atoms with Crippen molar-refractivity contribution in [3.8, 4) is 11.3 Å². The van der Waals surface area contributed by atoms with Gasteiger partial charge < -0.3 is 4.42 Å². The minimum Gasteiger partial charge on any atom is -0.457 e. The van der Waals surface area contributed by atoms with E-state index >= 15 is 0 Å². The van der Waals surface area contributed by atoms with Gasteiger partial charge in [0.15, 0.2) is 5.11 Å². The second kappa shape index (κ2) is 8.77. The first kappa shape index (κ1) is 23.2. The van der Waals surface area contributed by atoms with Crippen molar-refractivity contribution >= 4 is 68.4 Å². The zero-order valence-electron chi connectivity index (χ0n) is 16.2. The average molecular weight is 556 g/mol. The summed E-state index contributed by atoms with van der Waals surface area (Å²) in [4.78, 5) is 26.5. The molecule has 1 N–H and O–H groups in total. The summed E-state index contributed by atoms with van der Waals surface area (Å²) >= 11 is 14.0. The Morgan fingerprint density at radius 3 is 2.42 bits per heavy atom. The fraction of sp³-hybridized carbons (Fsp3) is 0.0455. The number of anilines is 1. The van der Waals surface area contributed by atoms with Crippen molar-refractivity contribution in [2.45, 2.75) is 6.18 Å². The van der Waals surface area contributed by atoms with Gasteiger partial charge in [-0.05, 0) is 72.9 Å². The Balaban J connectivity index is 1.70. The van der Waals surface area contributed by atoms with Crippen LogP contribution in [0.5, 0.6) is 0 Å². The number of alkyl halides is 3. The van der Waals surface area contributed by atoms with Gasteiger partial charge in [-0.25, -0.2) is 0 Å². The maximum absolute atomic E-state index is 13.5. The lowest BCUT2D eigenvalue weighted by atomic mass is 10.1. The summed E-state index contributed by atoms with van der Waals surface area (Å²) in [6.45, 7) is 0. The van der Waals surface area contributed by atoms with Crippen molar-refractivity contribution in [3.63, 3.8) is 0 Å². The van der Waals surface area contributed by atoms with Gasteiger partial charge in [0, 0.05) is 15.1 Å². The minimum absolute atomic E-state index is 0.0171. The van der Waals surface area contributed by atoms with Crippen LogP contribution < -0.4 is 10.2 Å². The number of nitrogens with zero attached hydrogens (tertiary/aromatic N) is 1. The van der Waals surface area contributed by atoms with E-state index in [4.69, 9.17) is 28.2 Å². The highest BCUT2D eigenvalue weighted by atomic mass is 79.9. The van der Waals surface area contributed by atoms with Crippen LogP contribution in [0.3, 0.4) is 0 Å². The summed E-state index contributed by atoms with van der Waals surface area (Å²) in [5, 5.41) is 2.75. The topological polar surface area (TPSA) is 62.6 Å². The maximum atomic E-state index is 13.5. The van der Waals surface area contributed by atoms with Crippen LogP contribution in [0.2, 0.25) is 5.02 Å². The fourth-order valence-corrected chi connectivity index (χ4v) is 3.93. The Hall–Kier alpha value is -2.95. The standard InChI is InChI=1S/C22H11BrClF3N2O3S/c23-11-1-7-15(17(9-11)22(25,26)27)18-8-6-14(32-18)10-16-19(30)28-21(33)29(20(16)31)13-4-2-12(24)3-5-13/h1-10H,(H,28,30,33)/b16-10+. The van der Waals surface area contributed by atoms with Crippen LogP contribution in [-0.2, 0) is 15.8 Å². The van der Waals surface area contributed by atoms with Crippen LogP contribution in [0.15, 0.2) is 69.1 Å². The molecule has 0 radical (unpaired) electrons. The van der Waals surface area contributed by atoms with Crippen molar-refractivity contribution in [1.29, 1.82) is 0 Å². The molecule has 11 heteroatoms. The van der Waals surface area contributed by atoms with Gasteiger partial charge in [-0.2, -0.15) is 13.2 Å². The van der Waals surface area contributed by atoms with Gasteiger partial charge in [0.05, 0.1) is 11.3 Å². The molecule has 1 aromatic heterocycles. The second-order valence-electron chi connectivity index (χ2n) is 6.82. The van der Waals surface area contributed by atoms with Gasteiger partial charge in [-0.1, -0.05) is 27.5 Å². The smallest absolute Gasteiger partial charge is 0.417 e. The molecule has 2 aromatic carbocycles. The fourth-order valence-electron chi connectivity index (χ4n) is 3.17. The number of carbonyl (C=O) groups excluding carboxylic acids is 2. The molecule has 5 nitrogen and oxygen atoms in total. The summed E-state index contributed by atoms with van der Waals surface area (Å²) in [5.41, 5.74) is -0.994. The summed E-state index contributed by atoms with van der Waals surface area (Å²) in [6, 6.07) is 12.6. The third-order valence-corrected chi connectivity index (χ3v) is 5.68. The molecule has 0 saturated carbocycles. The van der Waals surface area contributed by atoms with Crippen molar-refractivity contribution in [2.24, 2.45) is 0 Å². The lowest BCUT2D eigenvalue weighted by Gasteiger charge is -2.28. The van der Waals surface area contributed by atoms with Gasteiger partial charge in [0.25, 0.3) is 11.8 Å². The van der Waals surface area contributed by atoms with Crippen molar-refractivity contribution < 1.29 is 27.2 Å².